The Labute approximate surface area is 707 Å². The molecule has 114 heavy (non-hydrogen) atoms. The summed E-state index contributed by atoms with van der Waals surface area (Å²) in [5.74, 6) is 0. The van der Waals surface area contributed by atoms with Crippen LogP contribution in [0.2, 0.25) is 0 Å². The van der Waals surface area contributed by atoms with Crippen LogP contribution in [0.4, 0.5) is 0 Å². The average Bonchev–Trinajstić information content (AvgIpc) is 1.48. The minimum atomic E-state index is -0.739. The molecule has 0 atom stereocenters. The van der Waals surface area contributed by atoms with Crippen molar-refractivity contribution in [1.29, 1.82) is 0 Å². The van der Waals surface area contributed by atoms with Gasteiger partial charge in [-0.2, -0.15) is 17.5 Å². The molecule has 2 aliphatic carbocycles. The topological polar surface area (TPSA) is 85.7 Å². The zero-order chi connectivity index (χ0) is 79.0. The van der Waals surface area contributed by atoms with Gasteiger partial charge in [-0.05, 0) is 205 Å². The van der Waals surface area contributed by atoms with Crippen LogP contribution < -0.4 is 0 Å². The van der Waals surface area contributed by atoms with Crippen molar-refractivity contribution in [3.63, 3.8) is 0 Å². The third-order valence-electron chi connectivity index (χ3n) is 25.1. The lowest BCUT2D eigenvalue weighted by Crippen LogP contribution is -2.30. The van der Waals surface area contributed by atoms with Gasteiger partial charge in [-0.1, -0.05) is 294 Å². The maximum Gasteiger partial charge on any atom is 0.152 e. The van der Waals surface area contributed by atoms with Crippen molar-refractivity contribution in [2.45, 2.75) is 323 Å². The monoisotopic (exact) mass is 1630 g/mol. The Balaban J connectivity index is 1.15. The van der Waals surface area contributed by atoms with E-state index in [4.69, 9.17) is 17.5 Å². The number of hydrogen-bond acceptors (Lipinski definition) is 12. The fraction of sp³-hybridized carbons (Fsp3) is 0.490. The number of fused-ring (bicyclic) bond motifs is 11. The number of aromatic nitrogens is 4. The highest BCUT2D eigenvalue weighted by molar-refractivity contribution is 7.35. The smallest absolute Gasteiger partial charge is 0.152 e. The summed E-state index contributed by atoms with van der Waals surface area (Å²) in [4.78, 5) is 33.7. The van der Waals surface area contributed by atoms with E-state index in [2.05, 4.69) is 175 Å². The maximum atomic E-state index is 12.9. The van der Waals surface area contributed by atoms with Crippen LogP contribution in [0.25, 0.3) is 71.9 Å². The molecule has 0 amide bonds. The van der Waals surface area contributed by atoms with E-state index in [1.54, 1.807) is 0 Å². The van der Waals surface area contributed by atoms with Crippen molar-refractivity contribution in [3.05, 3.63) is 209 Å². The first-order valence-corrected chi connectivity index (χ1v) is 49.7. The lowest BCUT2D eigenvalue weighted by molar-refractivity contribution is 0.111. The van der Waals surface area contributed by atoms with E-state index in [0.29, 0.717) is 22.2 Å². The fourth-order valence-electron chi connectivity index (χ4n) is 19.2. The molecule has 0 aliphatic heterocycles. The normalized spacial score (nSPS) is 13.3. The van der Waals surface area contributed by atoms with Crippen LogP contribution in [-0.2, 0) is 62.2 Å². The molecule has 2 aliphatic rings. The highest BCUT2D eigenvalue weighted by atomic mass is 32.1. The molecule has 6 aromatic heterocycles. The number of thiophene rings is 4. The Morgan fingerprint density at radius 3 is 0.754 bits per heavy atom. The Morgan fingerprint density at radius 1 is 0.272 bits per heavy atom. The highest BCUT2D eigenvalue weighted by Crippen LogP contribution is 2.71. The first kappa shape index (κ1) is 83.8. The van der Waals surface area contributed by atoms with Crippen LogP contribution in [0.15, 0.2) is 109 Å². The lowest BCUT2D eigenvalue weighted by Gasteiger charge is -2.35. The summed E-state index contributed by atoms with van der Waals surface area (Å²) in [6.45, 7) is 18.8. The van der Waals surface area contributed by atoms with Gasteiger partial charge in [0, 0.05) is 43.1 Å². The van der Waals surface area contributed by atoms with Gasteiger partial charge in [0.05, 0.1) is 63.2 Å². The van der Waals surface area contributed by atoms with E-state index in [1.807, 2.05) is 34.8 Å². The fourth-order valence-corrected chi connectivity index (χ4v) is 26.2. The van der Waals surface area contributed by atoms with Gasteiger partial charge in [-0.25, -0.2) is 0 Å². The molecule has 0 radical (unpaired) electrons. The predicted molar refractivity (Wildman–Crippen MR) is 496 cm³/mol. The standard InChI is InChI=1S/C102H124N4O2S6/c1-9-17-25-33-41-69-53-70(42-34-26-18-10-2)58-79(57-69)101(80-59-71(43-35-27-19-11-3)54-72(60-80)44-36-28-20-12-4)85-65-87(83-51-49-77(67-107)91-93(83)105-113-103-91)109-95(85)97-89(101)99-100(111-97)90-98(112-99)96-86(66-88(110-96)84-52-50-78(68-108)92-94(84)106-114-104-92)102(90,81-61-73(45-37-29-21-13-5)55-74(62-81)46-38-30-22-14-6)82-63-75(47-39-31-23-15-7)56-76(64-82)48-40-32-24-16-8/h49-68H,9-48H2,1-8H3. The number of aryl methyl sites for hydroxylation is 8. The van der Waals surface area contributed by atoms with Crippen molar-refractivity contribution in [1.82, 2.24) is 17.5 Å². The lowest BCUT2D eigenvalue weighted by atomic mass is 9.65. The number of benzene rings is 6. The first-order chi connectivity index (χ1) is 56.1. The van der Waals surface area contributed by atoms with E-state index in [0.717, 1.165) is 86.1 Å². The SMILES string of the molecule is CCCCCCc1cc(CCCCCC)cc(C2(c3cc(CCCCCC)cc(CCCCCC)c3)c3cc(-c4ccc(C=O)c5nsnc45)sc3-c3sc4c5c(sc4c32)-c2sc(-c3ccc(C=O)c4nsnc34)cc2C5(c2cc(CCCCCC)cc(CCCCCC)c2)c2cc(CCCCCC)cc(CCCCCC)c2)c1. The van der Waals surface area contributed by atoms with Gasteiger partial charge >= 0.3 is 0 Å². The van der Waals surface area contributed by atoms with Crippen LogP contribution >= 0.6 is 68.8 Å². The zero-order valence-corrected chi connectivity index (χ0v) is 74.8. The van der Waals surface area contributed by atoms with E-state index in [1.165, 1.54) is 357 Å². The number of carbonyl (C=O) groups excluding carboxylic acids is 2. The Bertz CT molecular complexity index is 4640. The van der Waals surface area contributed by atoms with Crippen molar-refractivity contribution in [3.8, 4) is 40.4 Å². The molecule has 12 heteroatoms. The van der Waals surface area contributed by atoms with Crippen molar-refractivity contribution < 1.29 is 9.59 Å². The minimum absolute atomic E-state index is 0.588. The summed E-state index contributed by atoms with van der Waals surface area (Å²) in [5, 5.41) is 0. The summed E-state index contributed by atoms with van der Waals surface area (Å²) < 4.78 is 22.7. The molecule has 12 aromatic rings. The van der Waals surface area contributed by atoms with Crippen LogP contribution in [0.1, 0.15) is 371 Å². The molecular weight excluding hydrogens is 1510 g/mol. The van der Waals surface area contributed by atoms with Crippen LogP contribution in [0.3, 0.4) is 0 Å². The third kappa shape index (κ3) is 17.6. The Kier molecular flexibility index (Phi) is 29.6. The van der Waals surface area contributed by atoms with Crippen LogP contribution in [0.5, 0.6) is 0 Å². The van der Waals surface area contributed by atoms with Crippen LogP contribution in [0, 0.1) is 0 Å². The number of unbranched alkanes of at least 4 members (excludes halogenated alkanes) is 24. The van der Waals surface area contributed by atoms with Crippen molar-refractivity contribution >= 4 is 113 Å². The van der Waals surface area contributed by atoms with Gasteiger partial charge in [0.2, 0.25) is 0 Å². The predicted octanol–water partition coefficient (Wildman–Crippen LogP) is 31.8. The van der Waals surface area contributed by atoms with Crippen molar-refractivity contribution in [2.24, 2.45) is 0 Å². The number of hydrogen-bond donors (Lipinski definition) is 0. The van der Waals surface area contributed by atoms with E-state index >= 15 is 0 Å². The minimum Gasteiger partial charge on any atom is -0.298 e. The molecule has 0 saturated carbocycles. The van der Waals surface area contributed by atoms with Gasteiger partial charge in [0.15, 0.2) is 12.6 Å². The molecule has 6 aromatic carbocycles. The molecule has 6 nitrogen and oxygen atoms in total. The average molecular weight is 1630 g/mol. The molecule has 6 heterocycles. The Morgan fingerprint density at radius 2 is 0.518 bits per heavy atom. The summed E-state index contributed by atoms with van der Waals surface area (Å²) in [6.07, 6.45) is 49.1. The second kappa shape index (κ2) is 40.2. The zero-order valence-electron chi connectivity index (χ0n) is 69.9. The maximum absolute atomic E-state index is 12.9. The molecular formula is C102H124N4O2S6. The quantitative estimate of drug-likeness (QED) is 0.0279. The molecule has 0 spiro atoms. The number of nitrogens with zero attached hydrogens (tertiary/aromatic N) is 4. The van der Waals surface area contributed by atoms with Crippen molar-refractivity contribution in [2.75, 3.05) is 0 Å². The first-order valence-electron chi connectivity index (χ1n) is 44.9. The summed E-state index contributed by atoms with van der Waals surface area (Å²) in [7, 11) is 0. The molecule has 0 unspecified atom stereocenters. The Hall–Kier alpha value is -6.64. The second-order valence-corrected chi connectivity index (χ2v) is 38.9. The van der Waals surface area contributed by atoms with Gasteiger partial charge in [0.1, 0.15) is 22.1 Å². The van der Waals surface area contributed by atoms with Gasteiger partial charge in [-0.3, -0.25) is 9.59 Å². The molecule has 0 saturated heterocycles. The number of aldehydes is 2. The molecule has 14 rings (SSSR count). The second-order valence-electron chi connectivity index (χ2n) is 33.7. The van der Waals surface area contributed by atoms with Gasteiger partial charge in [0.25, 0.3) is 0 Å². The van der Waals surface area contributed by atoms with Gasteiger partial charge in [-0.15, -0.1) is 45.3 Å². The summed E-state index contributed by atoms with van der Waals surface area (Å²) >= 11 is 10.6. The van der Waals surface area contributed by atoms with E-state index in [9.17, 15) is 9.59 Å². The van der Waals surface area contributed by atoms with Gasteiger partial charge < -0.3 is 0 Å². The molecule has 0 N–H and O–H groups in total. The highest BCUT2D eigenvalue weighted by Gasteiger charge is 2.56. The number of rotatable bonds is 48. The largest absolute Gasteiger partial charge is 0.298 e. The summed E-state index contributed by atoms with van der Waals surface area (Å²) in [5.41, 5.74) is 27.9. The van der Waals surface area contributed by atoms with E-state index < -0.39 is 10.8 Å². The summed E-state index contributed by atoms with van der Waals surface area (Å²) in [6, 6.07) is 46.0. The van der Waals surface area contributed by atoms with Crippen LogP contribution in [-0.4, -0.2) is 30.1 Å². The number of carbonyl (C=O) groups is 2. The third-order valence-corrected chi connectivity index (χ3v) is 31.4. The molecule has 0 bridgehead atoms. The van der Waals surface area contributed by atoms with E-state index in [-0.39, 0.29) is 0 Å². The molecule has 0 fully saturated rings. The molecule has 600 valence electrons.